The van der Waals surface area contributed by atoms with Gasteiger partial charge in [-0.3, -0.25) is 4.98 Å². The smallest absolute Gasteiger partial charge is 0.340 e. The topological polar surface area (TPSA) is 55.3 Å². The molecule has 24 heavy (non-hydrogen) atoms. The van der Waals surface area contributed by atoms with Gasteiger partial charge in [-0.1, -0.05) is 11.6 Å². The Kier molecular flexibility index (Phi) is 3.73. The number of pyridine rings is 2. The highest BCUT2D eigenvalue weighted by molar-refractivity contribution is 6.32. The lowest BCUT2D eigenvalue weighted by Gasteiger charge is -2.20. The van der Waals surface area contributed by atoms with Crippen LogP contribution in [0.5, 0.6) is 0 Å². The average Bonchev–Trinajstić information content (AvgIpc) is 3.14. The number of hydrogen-bond acceptors (Lipinski definition) is 5. The number of rotatable bonds is 2. The molecule has 122 valence electrons. The predicted octanol–water partition coefficient (Wildman–Crippen LogP) is 3.82. The molecule has 3 aromatic rings. The third kappa shape index (κ3) is 2.36. The maximum atomic E-state index is 12.3. The molecule has 0 amide bonds. The van der Waals surface area contributed by atoms with Crippen LogP contribution in [0.25, 0.3) is 21.7 Å². The number of methoxy groups -OCH3 is 1. The zero-order valence-electron chi connectivity index (χ0n) is 13.3. The van der Waals surface area contributed by atoms with E-state index in [1.54, 1.807) is 12.4 Å². The van der Waals surface area contributed by atoms with Gasteiger partial charge in [0.1, 0.15) is 5.82 Å². The highest BCUT2D eigenvalue weighted by Gasteiger charge is 2.22. The lowest BCUT2D eigenvalue weighted by Crippen LogP contribution is -2.19. The predicted molar refractivity (Wildman–Crippen MR) is 94.8 cm³/mol. The summed E-state index contributed by atoms with van der Waals surface area (Å²) in [5, 5.41) is 3.09. The van der Waals surface area contributed by atoms with Crippen LogP contribution in [-0.2, 0) is 4.74 Å². The summed E-state index contributed by atoms with van der Waals surface area (Å²) < 4.78 is 4.94. The van der Waals surface area contributed by atoms with E-state index in [0.29, 0.717) is 10.6 Å². The first-order valence-corrected chi connectivity index (χ1v) is 8.27. The third-order valence-corrected chi connectivity index (χ3v) is 4.69. The molecule has 0 aliphatic carbocycles. The number of aromatic nitrogens is 2. The molecule has 2 aromatic heterocycles. The van der Waals surface area contributed by atoms with Crippen LogP contribution in [0, 0.1) is 0 Å². The van der Waals surface area contributed by atoms with Crippen molar-refractivity contribution in [2.24, 2.45) is 0 Å². The van der Waals surface area contributed by atoms with Crippen LogP contribution >= 0.6 is 11.6 Å². The maximum Gasteiger partial charge on any atom is 0.340 e. The van der Waals surface area contributed by atoms with Crippen molar-refractivity contribution in [3.63, 3.8) is 0 Å². The molecule has 0 bridgehead atoms. The van der Waals surface area contributed by atoms with Crippen molar-refractivity contribution in [1.82, 2.24) is 9.97 Å². The van der Waals surface area contributed by atoms with E-state index < -0.39 is 5.97 Å². The lowest BCUT2D eigenvalue weighted by molar-refractivity contribution is 0.0602. The van der Waals surface area contributed by atoms with Gasteiger partial charge in [0, 0.05) is 46.7 Å². The van der Waals surface area contributed by atoms with Gasteiger partial charge in [0.2, 0.25) is 0 Å². The number of hydrogen-bond donors (Lipinski definition) is 0. The van der Waals surface area contributed by atoms with Crippen LogP contribution in [0.1, 0.15) is 23.2 Å². The average molecular weight is 342 g/mol. The van der Waals surface area contributed by atoms with E-state index in [2.05, 4.69) is 9.88 Å². The van der Waals surface area contributed by atoms with Crippen LogP contribution in [0.4, 0.5) is 5.82 Å². The molecule has 4 rings (SSSR count). The van der Waals surface area contributed by atoms with Gasteiger partial charge in [0.25, 0.3) is 0 Å². The van der Waals surface area contributed by atoms with Gasteiger partial charge in [-0.2, -0.15) is 0 Å². The van der Waals surface area contributed by atoms with E-state index in [1.807, 2.05) is 18.2 Å². The van der Waals surface area contributed by atoms with Gasteiger partial charge in [-0.05, 0) is 31.0 Å². The highest BCUT2D eigenvalue weighted by Crippen LogP contribution is 2.35. The first-order valence-electron chi connectivity index (χ1n) is 7.89. The molecule has 6 heteroatoms. The fourth-order valence-electron chi connectivity index (χ4n) is 3.34. The SMILES string of the molecule is COC(=O)c1cncc2c(N3CCCC3)nc3ccc(Cl)cc3c12. The van der Waals surface area contributed by atoms with Crippen LogP contribution in [0.3, 0.4) is 0 Å². The number of fused-ring (bicyclic) bond motifs is 3. The number of carbonyl (C=O) groups is 1. The molecule has 3 heterocycles. The first-order chi connectivity index (χ1) is 11.7. The van der Waals surface area contributed by atoms with Crippen molar-refractivity contribution in [3.8, 4) is 0 Å². The number of carbonyl (C=O) groups excluding carboxylic acids is 1. The summed E-state index contributed by atoms with van der Waals surface area (Å²) >= 11 is 6.18. The van der Waals surface area contributed by atoms with E-state index in [-0.39, 0.29) is 0 Å². The summed E-state index contributed by atoms with van der Waals surface area (Å²) in [6.45, 7) is 1.92. The van der Waals surface area contributed by atoms with E-state index in [9.17, 15) is 4.79 Å². The van der Waals surface area contributed by atoms with E-state index in [4.69, 9.17) is 21.3 Å². The zero-order chi connectivity index (χ0) is 16.7. The molecule has 1 aliphatic rings. The molecule has 5 nitrogen and oxygen atoms in total. The van der Waals surface area contributed by atoms with Crippen molar-refractivity contribution in [2.45, 2.75) is 12.8 Å². The number of anilines is 1. The fourth-order valence-corrected chi connectivity index (χ4v) is 3.51. The van der Waals surface area contributed by atoms with Gasteiger partial charge in [0.05, 0.1) is 18.2 Å². The molecule has 0 spiro atoms. The summed E-state index contributed by atoms with van der Waals surface area (Å²) in [6.07, 6.45) is 5.60. The summed E-state index contributed by atoms with van der Waals surface area (Å²) in [6, 6.07) is 5.54. The minimum absolute atomic E-state index is 0.409. The quantitative estimate of drug-likeness (QED) is 0.524. The molecule has 0 unspecified atom stereocenters. The van der Waals surface area contributed by atoms with Crippen LogP contribution in [0.15, 0.2) is 30.6 Å². The Hall–Kier alpha value is -2.40. The highest BCUT2D eigenvalue weighted by atomic mass is 35.5. The molecule has 0 atom stereocenters. The Morgan fingerprint density at radius 3 is 2.75 bits per heavy atom. The molecule has 0 saturated carbocycles. The normalized spacial score (nSPS) is 14.5. The zero-order valence-corrected chi connectivity index (χ0v) is 14.0. The van der Waals surface area contributed by atoms with Gasteiger partial charge < -0.3 is 9.64 Å². The summed E-state index contributed by atoms with van der Waals surface area (Å²) in [4.78, 5) is 23.6. The van der Waals surface area contributed by atoms with Gasteiger partial charge in [0.15, 0.2) is 0 Å². The second kappa shape index (κ2) is 5.91. The van der Waals surface area contributed by atoms with Crippen molar-refractivity contribution in [2.75, 3.05) is 25.1 Å². The number of ether oxygens (including phenoxy) is 1. The second-order valence-corrected chi connectivity index (χ2v) is 6.33. The van der Waals surface area contributed by atoms with E-state index in [0.717, 1.165) is 53.4 Å². The molecule has 1 aromatic carbocycles. The Morgan fingerprint density at radius 2 is 2.00 bits per heavy atom. The van der Waals surface area contributed by atoms with Crippen LogP contribution in [-0.4, -0.2) is 36.1 Å². The monoisotopic (exact) mass is 341 g/mol. The molecule has 0 N–H and O–H groups in total. The Bertz CT molecular complexity index is 952. The minimum Gasteiger partial charge on any atom is -0.465 e. The molecule has 1 fully saturated rings. The Morgan fingerprint density at radius 1 is 1.21 bits per heavy atom. The van der Waals surface area contributed by atoms with E-state index in [1.165, 1.54) is 7.11 Å². The standard InChI is InChI=1S/C18H16ClN3O2/c1-24-18(23)14-10-20-9-13-16(14)12-8-11(19)4-5-15(12)21-17(13)22-6-2-3-7-22/h4-5,8-10H,2-3,6-7H2,1H3. The summed E-state index contributed by atoms with van der Waals surface area (Å²) in [7, 11) is 1.37. The lowest BCUT2D eigenvalue weighted by atomic mass is 10.0. The van der Waals surface area contributed by atoms with Crippen molar-refractivity contribution < 1.29 is 9.53 Å². The summed E-state index contributed by atoms with van der Waals surface area (Å²) in [5.41, 5.74) is 1.25. The molecular formula is C18H16ClN3O2. The van der Waals surface area contributed by atoms with Crippen molar-refractivity contribution in [3.05, 3.63) is 41.2 Å². The van der Waals surface area contributed by atoms with E-state index >= 15 is 0 Å². The maximum absolute atomic E-state index is 12.3. The number of benzene rings is 1. The number of nitrogens with zero attached hydrogens (tertiary/aromatic N) is 3. The first kappa shape index (κ1) is 15.1. The molecule has 1 aliphatic heterocycles. The van der Waals surface area contributed by atoms with Crippen LogP contribution in [0.2, 0.25) is 5.02 Å². The third-order valence-electron chi connectivity index (χ3n) is 4.45. The molecular weight excluding hydrogens is 326 g/mol. The Balaban J connectivity index is 2.13. The largest absolute Gasteiger partial charge is 0.465 e. The number of esters is 1. The fraction of sp³-hybridized carbons (Fsp3) is 0.278. The molecule has 0 radical (unpaired) electrons. The Labute approximate surface area is 144 Å². The van der Waals surface area contributed by atoms with Crippen molar-refractivity contribution in [1.29, 1.82) is 0 Å². The van der Waals surface area contributed by atoms with Gasteiger partial charge in [-0.25, -0.2) is 9.78 Å². The van der Waals surface area contributed by atoms with Crippen LogP contribution < -0.4 is 4.90 Å². The van der Waals surface area contributed by atoms with Crippen molar-refractivity contribution >= 4 is 45.1 Å². The minimum atomic E-state index is -0.409. The van der Waals surface area contributed by atoms with Gasteiger partial charge >= 0.3 is 5.97 Å². The van der Waals surface area contributed by atoms with Gasteiger partial charge in [-0.15, -0.1) is 0 Å². The second-order valence-electron chi connectivity index (χ2n) is 5.89. The summed E-state index contributed by atoms with van der Waals surface area (Å²) in [5.74, 6) is 0.462. The number of halogens is 1. The molecule has 1 saturated heterocycles.